The number of halogens is 1. The lowest BCUT2D eigenvalue weighted by atomic mass is 9.98. The summed E-state index contributed by atoms with van der Waals surface area (Å²) in [6.07, 6.45) is -1.52. The first-order valence-corrected chi connectivity index (χ1v) is 13.0. The van der Waals surface area contributed by atoms with Gasteiger partial charge in [-0.05, 0) is 19.4 Å². The third-order valence-corrected chi connectivity index (χ3v) is 7.84. The smallest absolute Gasteiger partial charge is 0.406 e. The van der Waals surface area contributed by atoms with Crippen molar-refractivity contribution in [3.63, 3.8) is 0 Å². The number of nitrogens with zero attached hydrogens (tertiary/aromatic N) is 5. The number of aryl methyl sites for hydroxylation is 1. The van der Waals surface area contributed by atoms with E-state index in [1.807, 2.05) is 0 Å². The number of ether oxygens (including phenoxy) is 2. The number of pyridine rings is 1. The number of alkyl halides is 1. The number of nitrogens with two attached hydrogens (primary N) is 2. The molecule has 1 saturated heterocycles. The SMILES string of the molecule is CC(=O)Oc1c(C)ncc2c1COP(=O)(OC[C@H]1O[C@@H](n3cnc4c(N)nc(N)nc43)[C@@](C)(F)[C@H]1O)NC2. The number of rotatable bonds is 5. The van der Waals surface area contributed by atoms with Gasteiger partial charge in [-0.2, -0.15) is 9.97 Å². The van der Waals surface area contributed by atoms with Gasteiger partial charge in [0, 0.05) is 25.2 Å². The molecule has 3 aromatic rings. The van der Waals surface area contributed by atoms with Gasteiger partial charge in [0.1, 0.15) is 17.7 Å². The fraction of sp³-hybridized carbons (Fsp3) is 0.476. The van der Waals surface area contributed by atoms with Crippen LogP contribution in [0.4, 0.5) is 16.2 Å². The van der Waals surface area contributed by atoms with Crippen LogP contribution in [0, 0.1) is 6.92 Å². The fourth-order valence-electron chi connectivity index (χ4n) is 4.37. The molecule has 15 nitrogen and oxygen atoms in total. The second kappa shape index (κ2) is 9.48. The highest BCUT2D eigenvalue weighted by Gasteiger charge is 2.56. The normalized spacial score (nSPS) is 29.2. The summed E-state index contributed by atoms with van der Waals surface area (Å²) in [6.45, 7) is 3.38. The maximum Gasteiger partial charge on any atom is 0.406 e. The Morgan fingerprint density at radius 3 is 2.89 bits per heavy atom. The highest BCUT2D eigenvalue weighted by molar-refractivity contribution is 7.51. The first kappa shape index (κ1) is 26.3. The molecule has 5 atom stereocenters. The molecule has 1 unspecified atom stereocenters. The minimum atomic E-state index is -3.97. The number of imidazole rings is 1. The molecule has 2 aliphatic rings. The molecule has 204 valence electrons. The van der Waals surface area contributed by atoms with E-state index in [2.05, 4.69) is 25.0 Å². The highest BCUT2D eigenvalue weighted by atomic mass is 31.2. The summed E-state index contributed by atoms with van der Waals surface area (Å²) < 4.78 is 52.5. The Labute approximate surface area is 215 Å². The van der Waals surface area contributed by atoms with E-state index in [1.54, 1.807) is 13.1 Å². The number of hydrogen-bond donors (Lipinski definition) is 4. The first-order chi connectivity index (χ1) is 17.9. The summed E-state index contributed by atoms with van der Waals surface area (Å²) in [4.78, 5) is 27.7. The van der Waals surface area contributed by atoms with Gasteiger partial charge in [0.25, 0.3) is 0 Å². The zero-order valence-corrected chi connectivity index (χ0v) is 21.5. The van der Waals surface area contributed by atoms with Crippen LogP contribution in [0.15, 0.2) is 12.5 Å². The summed E-state index contributed by atoms with van der Waals surface area (Å²) in [7, 11) is -3.97. The number of carbonyl (C=O) groups is 1. The predicted molar refractivity (Wildman–Crippen MR) is 129 cm³/mol. The number of hydrogen-bond acceptors (Lipinski definition) is 13. The number of carbonyl (C=O) groups excluding carboxylic acids is 1. The highest BCUT2D eigenvalue weighted by Crippen LogP contribution is 2.50. The number of aliphatic hydroxyl groups is 1. The second-order valence-corrected chi connectivity index (χ2v) is 10.9. The average molecular weight is 552 g/mol. The van der Waals surface area contributed by atoms with Crippen molar-refractivity contribution in [3.8, 4) is 5.75 Å². The Morgan fingerprint density at radius 1 is 1.39 bits per heavy atom. The van der Waals surface area contributed by atoms with Crippen molar-refractivity contribution in [3.05, 3.63) is 29.3 Å². The molecule has 5 heterocycles. The van der Waals surface area contributed by atoms with E-state index >= 15 is 4.39 Å². The van der Waals surface area contributed by atoms with Gasteiger partial charge in [-0.3, -0.25) is 23.4 Å². The molecule has 0 amide bonds. The van der Waals surface area contributed by atoms with E-state index in [0.29, 0.717) is 16.8 Å². The number of esters is 1. The van der Waals surface area contributed by atoms with Crippen molar-refractivity contribution < 1.29 is 37.4 Å². The molecular weight excluding hydrogens is 526 g/mol. The molecule has 0 saturated carbocycles. The molecule has 38 heavy (non-hydrogen) atoms. The van der Waals surface area contributed by atoms with Crippen molar-refractivity contribution in [2.75, 3.05) is 18.1 Å². The number of aliphatic hydroxyl groups excluding tert-OH is 1. The molecule has 2 aliphatic heterocycles. The molecule has 0 radical (unpaired) electrons. The van der Waals surface area contributed by atoms with Crippen molar-refractivity contribution in [1.82, 2.24) is 29.6 Å². The Hall–Kier alpha value is -3.27. The van der Waals surface area contributed by atoms with Crippen molar-refractivity contribution in [2.45, 2.75) is 58.0 Å². The van der Waals surface area contributed by atoms with Crippen LogP contribution in [0.2, 0.25) is 0 Å². The minimum absolute atomic E-state index is 0.00294. The van der Waals surface area contributed by atoms with E-state index in [4.69, 9.17) is 30.0 Å². The van der Waals surface area contributed by atoms with E-state index in [1.165, 1.54) is 17.8 Å². The largest absolute Gasteiger partial charge is 0.424 e. The Morgan fingerprint density at radius 2 is 2.16 bits per heavy atom. The Bertz CT molecular complexity index is 1470. The lowest BCUT2D eigenvalue weighted by Gasteiger charge is -2.24. The van der Waals surface area contributed by atoms with Crippen LogP contribution in [-0.4, -0.2) is 60.1 Å². The molecular formula is C21H26FN8O7P. The summed E-state index contributed by atoms with van der Waals surface area (Å²) in [5, 5.41) is 13.4. The van der Waals surface area contributed by atoms with Crippen LogP contribution in [0.3, 0.4) is 0 Å². The van der Waals surface area contributed by atoms with E-state index in [0.717, 1.165) is 6.92 Å². The minimum Gasteiger partial charge on any atom is -0.424 e. The van der Waals surface area contributed by atoms with Gasteiger partial charge in [0.2, 0.25) is 5.95 Å². The van der Waals surface area contributed by atoms with Gasteiger partial charge in [-0.1, -0.05) is 0 Å². The number of fused-ring (bicyclic) bond motifs is 2. The lowest BCUT2D eigenvalue weighted by molar-refractivity contribution is -0.132. The van der Waals surface area contributed by atoms with Crippen LogP contribution in [0.1, 0.15) is 36.9 Å². The maximum absolute atomic E-state index is 15.8. The lowest BCUT2D eigenvalue weighted by Crippen LogP contribution is -2.40. The van der Waals surface area contributed by atoms with Crippen LogP contribution < -0.4 is 21.3 Å². The summed E-state index contributed by atoms with van der Waals surface area (Å²) in [5.74, 6) is -0.469. The topological polar surface area (TPSA) is 212 Å². The number of nitrogen functional groups attached to an aromatic ring is 2. The predicted octanol–water partition coefficient (Wildman–Crippen LogP) is 1.05. The monoisotopic (exact) mass is 552 g/mol. The standard InChI is InChI=1S/C21H26FN8O7P/c1-9-15(36-10(2)31)12-6-34-38(33,27-5-11(12)4-25-9)35-7-13-16(32)21(3,22)19(37-13)30-8-26-14-17(23)28-20(24)29-18(14)30/h4,8,13,16,19,32H,5-7H2,1-3H3,(H,27,33)(H4,23,24,28,29)/t13-,16+,19-,21+,38?/m1/s1. The number of anilines is 2. The number of aromatic nitrogens is 5. The zero-order valence-electron chi connectivity index (χ0n) is 20.6. The van der Waals surface area contributed by atoms with Crippen LogP contribution in [0.25, 0.3) is 11.2 Å². The summed E-state index contributed by atoms with van der Waals surface area (Å²) in [5.41, 5.74) is 11.0. The van der Waals surface area contributed by atoms with E-state index < -0.39 is 44.4 Å². The van der Waals surface area contributed by atoms with Crippen LogP contribution in [0.5, 0.6) is 5.75 Å². The second-order valence-electron chi connectivity index (χ2n) is 9.09. The van der Waals surface area contributed by atoms with Gasteiger partial charge in [-0.25, -0.2) is 19.0 Å². The van der Waals surface area contributed by atoms with Gasteiger partial charge in [0.15, 0.2) is 29.1 Å². The van der Waals surface area contributed by atoms with E-state index in [9.17, 15) is 14.5 Å². The third-order valence-electron chi connectivity index (χ3n) is 6.34. The van der Waals surface area contributed by atoms with Gasteiger partial charge >= 0.3 is 13.7 Å². The third kappa shape index (κ3) is 4.59. The Balaban J connectivity index is 1.32. The van der Waals surface area contributed by atoms with Crippen molar-refractivity contribution in [1.29, 1.82) is 0 Å². The van der Waals surface area contributed by atoms with Crippen LogP contribution >= 0.6 is 7.75 Å². The number of nitrogens with one attached hydrogen (secondary N) is 1. The van der Waals surface area contributed by atoms with Gasteiger partial charge in [0.05, 0.1) is 25.2 Å². The summed E-state index contributed by atoms with van der Waals surface area (Å²) in [6, 6.07) is 0. The molecule has 17 heteroatoms. The molecule has 0 bridgehead atoms. The quantitative estimate of drug-likeness (QED) is 0.257. The molecule has 0 aliphatic carbocycles. The zero-order chi connectivity index (χ0) is 27.4. The molecule has 5 rings (SSSR count). The van der Waals surface area contributed by atoms with E-state index in [-0.39, 0.29) is 41.8 Å². The van der Waals surface area contributed by atoms with Gasteiger partial charge < -0.3 is 26.0 Å². The van der Waals surface area contributed by atoms with Crippen LogP contribution in [-0.2, 0) is 36.3 Å². The maximum atomic E-state index is 15.8. The Kier molecular flexibility index (Phi) is 6.57. The average Bonchev–Trinajstić information content (AvgIpc) is 3.29. The summed E-state index contributed by atoms with van der Waals surface area (Å²) >= 11 is 0. The van der Waals surface area contributed by atoms with Crippen molar-refractivity contribution in [2.24, 2.45) is 0 Å². The molecule has 3 aromatic heterocycles. The molecule has 6 N–H and O–H groups in total. The van der Waals surface area contributed by atoms with Gasteiger partial charge in [-0.15, -0.1) is 0 Å². The fourth-order valence-corrected chi connectivity index (χ4v) is 5.64. The van der Waals surface area contributed by atoms with Crippen molar-refractivity contribution >= 4 is 36.6 Å². The molecule has 0 aromatic carbocycles. The molecule has 1 fully saturated rings. The molecule has 0 spiro atoms. The first-order valence-electron chi connectivity index (χ1n) is 11.5.